The molecule has 2 N–H and O–H groups in total. The summed E-state index contributed by atoms with van der Waals surface area (Å²) in [7, 11) is 0. The first-order valence-corrected chi connectivity index (χ1v) is 8.72. The second-order valence-electron chi connectivity index (χ2n) is 4.82. The third kappa shape index (κ3) is 5.22. The molecular formula is C16H13Br2ClN2O3. The number of carbonyl (C=O) groups excluding carboxylic acids is 1. The van der Waals surface area contributed by atoms with Crippen LogP contribution in [0.2, 0.25) is 5.02 Å². The summed E-state index contributed by atoms with van der Waals surface area (Å²) < 4.78 is 6.69. The number of benzene rings is 2. The van der Waals surface area contributed by atoms with Crippen LogP contribution in [-0.4, -0.2) is 23.8 Å². The van der Waals surface area contributed by atoms with E-state index in [1.54, 1.807) is 24.3 Å². The summed E-state index contributed by atoms with van der Waals surface area (Å²) in [6, 6.07) is 8.35. The largest absolute Gasteiger partial charge is 0.507 e. The van der Waals surface area contributed by atoms with Gasteiger partial charge < -0.3 is 9.84 Å². The molecule has 2 aromatic rings. The molecule has 0 saturated heterocycles. The number of hydrogen-bond acceptors (Lipinski definition) is 4. The van der Waals surface area contributed by atoms with Crippen molar-refractivity contribution >= 4 is 55.6 Å². The van der Waals surface area contributed by atoms with Crippen LogP contribution in [0.1, 0.15) is 11.1 Å². The van der Waals surface area contributed by atoms with Crippen molar-refractivity contribution in [2.75, 3.05) is 6.61 Å². The monoisotopic (exact) mass is 474 g/mol. The second kappa shape index (κ2) is 8.50. The number of amides is 1. The van der Waals surface area contributed by atoms with Crippen molar-refractivity contribution < 1.29 is 14.6 Å². The van der Waals surface area contributed by atoms with Crippen LogP contribution >= 0.6 is 43.5 Å². The van der Waals surface area contributed by atoms with Gasteiger partial charge in [0.1, 0.15) is 11.5 Å². The molecule has 5 nitrogen and oxygen atoms in total. The summed E-state index contributed by atoms with van der Waals surface area (Å²) >= 11 is 12.4. The minimum Gasteiger partial charge on any atom is -0.507 e. The average Bonchev–Trinajstić information content (AvgIpc) is 2.51. The molecule has 2 rings (SSSR count). The van der Waals surface area contributed by atoms with Gasteiger partial charge in [0.25, 0.3) is 5.91 Å². The van der Waals surface area contributed by atoms with Crippen LogP contribution < -0.4 is 10.2 Å². The Balaban J connectivity index is 1.90. The minimum absolute atomic E-state index is 0.0764. The highest BCUT2D eigenvalue weighted by atomic mass is 79.9. The molecule has 0 aliphatic carbocycles. The van der Waals surface area contributed by atoms with E-state index in [-0.39, 0.29) is 12.4 Å². The smallest absolute Gasteiger partial charge is 0.277 e. The third-order valence-electron chi connectivity index (χ3n) is 2.95. The van der Waals surface area contributed by atoms with Gasteiger partial charge in [-0.05, 0) is 58.7 Å². The predicted octanol–water partition coefficient (Wildman–Crippen LogP) is 4.41. The molecule has 0 heterocycles. The van der Waals surface area contributed by atoms with Gasteiger partial charge in [-0.15, -0.1) is 0 Å². The summed E-state index contributed by atoms with van der Waals surface area (Å²) in [4.78, 5) is 11.7. The maximum atomic E-state index is 11.7. The van der Waals surface area contributed by atoms with Gasteiger partial charge in [0.05, 0.1) is 10.7 Å². The number of hydrazone groups is 1. The van der Waals surface area contributed by atoms with Crippen LogP contribution in [0.15, 0.2) is 44.4 Å². The summed E-state index contributed by atoms with van der Waals surface area (Å²) in [5, 5.41) is 14.1. The Labute approximate surface area is 160 Å². The fourth-order valence-corrected chi connectivity index (χ4v) is 3.10. The van der Waals surface area contributed by atoms with Crippen LogP contribution in [0.25, 0.3) is 0 Å². The average molecular weight is 477 g/mol. The Kier molecular flexibility index (Phi) is 6.65. The second-order valence-corrected chi connectivity index (χ2v) is 6.96. The number of halogens is 3. The van der Waals surface area contributed by atoms with Crippen molar-refractivity contribution in [3.05, 3.63) is 55.4 Å². The molecule has 0 saturated carbocycles. The van der Waals surface area contributed by atoms with Crippen LogP contribution in [-0.2, 0) is 4.79 Å². The molecule has 0 aromatic heterocycles. The van der Waals surface area contributed by atoms with E-state index < -0.39 is 5.91 Å². The minimum atomic E-state index is -0.405. The quantitative estimate of drug-likeness (QED) is 0.496. The number of aromatic hydroxyl groups is 1. The van der Waals surface area contributed by atoms with E-state index in [4.69, 9.17) is 16.3 Å². The van der Waals surface area contributed by atoms with E-state index in [0.717, 1.165) is 10.0 Å². The Morgan fingerprint density at radius 3 is 2.79 bits per heavy atom. The number of carbonyl (C=O) groups is 1. The fourth-order valence-electron chi connectivity index (χ4n) is 1.78. The third-order valence-corrected chi connectivity index (χ3v) is 4.51. The van der Waals surface area contributed by atoms with E-state index in [1.165, 1.54) is 12.3 Å². The Hall–Kier alpha value is -1.57. The number of phenols is 1. The van der Waals surface area contributed by atoms with E-state index in [9.17, 15) is 9.90 Å². The van der Waals surface area contributed by atoms with Crippen molar-refractivity contribution in [1.29, 1.82) is 0 Å². The van der Waals surface area contributed by atoms with Gasteiger partial charge in [-0.1, -0.05) is 27.5 Å². The van der Waals surface area contributed by atoms with Gasteiger partial charge in [-0.2, -0.15) is 5.10 Å². The first-order valence-electron chi connectivity index (χ1n) is 6.75. The van der Waals surface area contributed by atoms with Crippen molar-refractivity contribution in [2.45, 2.75) is 6.92 Å². The lowest BCUT2D eigenvalue weighted by Crippen LogP contribution is -2.24. The van der Waals surface area contributed by atoms with E-state index in [0.29, 0.717) is 20.8 Å². The zero-order valence-electron chi connectivity index (χ0n) is 12.5. The van der Waals surface area contributed by atoms with Crippen LogP contribution in [0.4, 0.5) is 0 Å². The highest BCUT2D eigenvalue weighted by molar-refractivity contribution is 9.11. The molecule has 0 atom stereocenters. The van der Waals surface area contributed by atoms with Crippen LogP contribution in [0.5, 0.6) is 11.5 Å². The Morgan fingerprint density at radius 2 is 2.08 bits per heavy atom. The van der Waals surface area contributed by atoms with Gasteiger partial charge in [0.2, 0.25) is 0 Å². The maximum absolute atomic E-state index is 11.7. The molecule has 126 valence electrons. The van der Waals surface area contributed by atoms with Crippen molar-refractivity contribution in [1.82, 2.24) is 5.43 Å². The number of ether oxygens (including phenoxy) is 1. The van der Waals surface area contributed by atoms with Gasteiger partial charge in [-0.3, -0.25) is 4.79 Å². The van der Waals surface area contributed by atoms with Gasteiger partial charge in [0, 0.05) is 15.1 Å². The molecule has 8 heteroatoms. The lowest BCUT2D eigenvalue weighted by Gasteiger charge is -2.08. The summed E-state index contributed by atoms with van der Waals surface area (Å²) in [5.41, 5.74) is 3.82. The molecule has 0 radical (unpaired) electrons. The van der Waals surface area contributed by atoms with Crippen molar-refractivity contribution in [3.63, 3.8) is 0 Å². The van der Waals surface area contributed by atoms with E-state index in [1.807, 2.05) is 6.92 Å². The molecule has 0 fully saturated rings. The highest BCUT2D eigenvalue weighted by Gasteiger charge is 2.06. The molecule has 0 spiro atoms. The molecule has 1 amide bonds. The zero-order valence-corrected chi connectivity index (χ0v) is 16.4. The molecule has 0 aliphatic heterocycles. The van der Waals surface area contributed by atoms with Crippen LogP contribution in [0, 0.1) is 6.92 Å². The Bertz CT molecular complexity index is 797. The number of rotatable bonds is 5. The zero-order chi connectivity index (χ0) is 17.7. The van der Waals surface area contributed by atoms with E-state index >= 15 is 0 Å². The number of aryl methyl sites for hydroxylation is 1. The summed E-state index contributed by atoms with van der Waals surface area (Å²) in [6.07, 6.45) is 1.42. The first kappa shape index (κ1) is 18.8. The number of phenolic OH excluding ortho intramolecular Hbond substituents is 1. The first-order chi connectivity index (χ1) is 11.4. The molecule has 0 aliphatic rings. The number of nitrogens with zero attached hydrogens (tertiary/aromatic N) is 1. The highest BCUT2D eigenvalue weighted by Crippen LogP contribution is 2.29. The molecule has 0 unspecified atom stereocenters. The Morgan fingerprint density at radius 1 is 1.33 bits per heavy atom. The maximum Gasteiger partial charge on any atom is 0.277 e. The van der Waals surface area contributed by atoms with Crippen molar-refractivity contribution in [3.8, 4) is 11.5 Å². The number of nitrogens with one attached hydrogen (secondary N) is 1. The number of hydrogen-bond donors (Lipinski definition) is 2. The SMILES string of the molecule is Cc1cc(Cl)ccc1OCC(=O)N/N=C\c1cc(O)c(Br)cc1Br. The van der Waals surface area contributed by atoms with Gasteiger partial charge >= 0.3 is 0 Å². The fraction of sp³-hybridized carbons (Fsp3) is 0.125. The summed E-state index contributed by atoms with van der Waals surface area (Å²) in [5.74, 6) is 0.254. The van der Waals surface area contributed by atoms with Gasteiger partial charge in [0.15, 0.2) is 6.61 Å². The lowest BCUT2D eigenvalue weighted by atomic mass is 10.2. The normalized spacial score (nSPS) is 10.8. The topological polar surface area (TPSA) is 70.9 Å². The van der Waals surface area contributed by atoms with Crippen LogP contribution in [0.3, 0.4) is 0 Å². The molecule has 2 aromatic carbocycles. The standard InChI is InChI=1S/C16H13Br2ClN2O3/c1-9-4-11(19)2-3-15(9)24-8-16(23)21-20-7-10-5-14(22)13(18)6-12(10)17/h2-7,22H,8H2,1H3,(H,21,23)/b20-7-. The van der Waals surface area contributed by atoms with E-state index in [2.05, 4.69) is 42.4 Å². The van der Waals surface area contributed by atoms with Gasteiger partial charge in [-0.25, -0.2) is 5.43 Å². The predicted molar refractivity (Wildman–Crippen MR) is 101 cm³/mol. The van der Waals surface area contributed by atoms with Crippen molar-refractivity contribution in [2.24, 2.45) is 5.10 Å². The molecule has 0 bridgehead atoms. The molecular weight excluding hydrogens is 463 g/mol. The lowest BCUT2D eigenvalue weighted by molar-refractivity contribution is -0.123. The molecule has 24 heavy (non-hydrogen) atoms. The summed E-state index contributed by atoms with van der Waals surface area (Å²) in [6.45, 7) is 1.67.